The lowest BCUT2D eigenvalue weighted by Gasteiger charge is -2.37. The van der Waals surface area contributed by atoms with Crippen molar-refractivity contribution in [3.8, 4) is 0 Å². The smallest absolute Gasteiger partial charge is 0.374 e. The summed E-state index contributed by atoms with van der Waals surface area (Å²) in [5.41, 5.74) is -5.43. The Labute approximate surface area is 128 Å². The molecule has 0 saturated carbocycles. The molecule has 0 aliphatic carbocycles. The van der Waals surface area contributed by atoms with E-state index >= 15 is 0 Å². The van der Waals surface area contributed by atoms with Crippen LogP contribution in [0.1, 0.15) is 16.7 Å². The Morgan fingerprint density at radius 3 is 2.00 bits per heavy atom. The van der Waals surface area contributed by atoms with Gasteiger partial charge in [0.2, 0.25) is 0 Å². The van der Waals surface area contributed by atoms with E-state index in [9.17, 15) is 31.4 Å². The van der Waals surface area contributed by atoms with E-state index in [2.05, 4.69) is 0 Å². The van der Waals surface area contributed by atoms with Crippen molar-refractivity contribution in [1.29, 1.82) is 0 Å². The number of hydrogen-bond acceptors (Lipinski definition) is 1. The number of hydrogen-bond donors (Lipinski definition) is 1. The SMILES string of the molecule is Cc1cccc(C(O)(c2ccccc2F)C(F)(F)C(F)(F)F)c1. The Bertz CT molecular complexity index is 710. The van der Waals surface area contributed by atoms with Gasteiger partial charge in [-0.15, -0.1) is 0 Å². The molecule has 7 heteroatoms. The van der Waals surface area contributed by atoms with Gasteiger partial charge in [-0.2, -0.15) is 22.0 Å². The van der Waals surface area contributed by atoms with Gasteiger partial charge in [0, 0.05) is 5.56 Å². The molecule has 0 spiro atoms. The molecule has 1 N–H and O–H groups in total. The largest absolute Gasteiger partial charge is 0.457 e. The Balaban J connectivity index is 2.83. The van der Waals surface area contributed by atoms with Gasteiger partial charge in [0.15, 0.2) is 5.60 Å². The molecule has 124 valence electrons. The first-order valence-corrected chi connectivity index (χ1v) is 6.51. The highest BCUT2D eigenvalue weighted by molar-refractivity contribution is 5.41. The summed E-state index contributed by atoms with van der Waals surface area (Å²) < 4.78 is 80.9. The topological polar surface area (TPSA) is 20.2 Å². The van der Waals surface area contributed by atoms with Crippen LogP contribution >= 0.6 is 0 Å². The second-order valence-corrected chi connectivity index (χ2v) is 5.13. The number of rotatable bonds is 3. The Hall–Kier alpha value is -2.02. The highest BCUT2D eigenvalue weighted by Gasteiger charge is 2.71. The van der Waals surface area contributed by atoms with E-state index < -0.39 is 34.6 Å². The molecule has 1 atom stereocenters. The van der Waals surface area contributed by atoms with Crippen LogP contribution in [0.4, 0.5) is 26.3 Å². The Morgan fingerprint density at radius 2 is 1.48 bits per heavy atom. The fourth-order valence-corrected chi connectivity index (χ4v) is 2.34. The summed E-state index contributed by atoms with van der Waals surface area (Å²) in [6.45, 7) is 1.46. The third-order valence-corrected chi connectivity index (χ3v) is 3.51. The maximum absolute atomic E-state index is 14.1. The van der Waals surface area contributed by atoms with Crippen LogP contribution in [-0.4, -0.2) is 17.2 Å². The first-order valence-electron chi connectivity index (χ1n) is 6.51. The van der Waals surface area contributed by atoms with Crippen molar-refractivity contribution in [2.45, 2.75) is 24.6 Å². The summed E-state index contributed by atoms with van der Waals surface area (Å²) in [4.78, 5) is 0. The average Bonchev–Trinajstić information content (AvgIpc) is 2.45. The van der Waals surface area contributed by atoms with Crippen molar-refractivity contribution in [3.05, 3.63) is 71.0 Å². The van der Waals surface area contributed by atoms with E-state index in [1.807, 2.05) is 0 Å². The molecule has 0 saturated heterocycles. The van der Waals surface area contributed by atoms with Gasteiger partial charge in [-0.25, -0.2) is 4.39 Å². The molecule has 0 aliphatic heterocycles. The Kier molecular flexibility index (Phi) is 4.19. The molecule has 1 nitrogen and oxygen atoms in total. The summed E-state index contributed by atoms with van der Waals surface area (Å²) in [5.74, 6) is -6.96. The van der Waals surface area contributed by atoms with Crippen molar-refractivity contribution in [1.82, 2.24) is 0 Å². The standard InChI is InChI=1S/C16H12F6O/c1-10-5-4-6-11(9-10)14(23,15(18,19)16(20,21)22)12-7-2-3-8-13(12)17/h2-9,23H,1H3. The second-order valence-electron chi connectivity index (χ2n) is 5.13. The van der Waals surface area contributed by atoms with E-state index in [4.69, 9.17) is 0 Å². The normalized spacial score (nSPS) is 15.3. The lowest BCUT2D eigenvalue weighted by Crippen LogP contribution is -2.56. The van der Waals surface area contributed by atoms with Crippen LogP contribution in [0.3, 0.4) is 0 Å². The minimum Gasteiger partial charge on any atom is -0.374 e. The number of alkyl halides is 5. The van der Waals surface area contributed by atoms with Gasteiger partial charge in [0.05, 0.1) is 0 Å². The number of aryl methyl sites for hydroxylation is 1. The van der Waals surface area contributed by atoms with Gasteiger partial charge < -0.3 is 5.11 Å². The highest BCUT2D eigenvalue weighted by Crippen LogP contribution is 2.52. The van der Waals surface area contributed by atoms with E-state index in [1.54, 1.807) is 0 Å². The van der Waals surface area contributed by atoms with Gasteiger partial charge in [0.1, 0.15) is 5.82 Å². The molecule has 2 aromatic carbocycles. The lowest BCUT2D eigenvalue weighted by molar-refractivity contribution is -0.337. The summed E-state index contributed by atoms with van der Waals surface area (Å²) in [6, 6.07) is 8.15. The van der Waals surface area contributed by atoms with Crippen molar-refractivity contribution in [3.63, 3.8) is 0 Å². The highest BCUT2D eigenvalue weighted by atomic mass is 19.4. The molecular weight excluding hydrogens is 322 g/mol. The van der Waals surface area contributed by atoms with Crippen LogP contribution < -0.4 is 0 Å². The molecule has 23 heavy (non-hydrogen) atoms. The van der Waals surface area contributed by atoms with Gasteiger partial charge in [-0.05, 0) is 18.6 Å². The van der Waals surface area contributed by atoms with Gasteiger partial charge in [-0.1, -0.05) is 48.0 Å². The predicted octanol–water partition coefficient (Wildman–Crippen LogP) is 4.57. The Morgan fingerprint density at radius 1 is 0.870 bits per heavy atom. The van der Waals surface area contributed by atoms with Crippen LogP contribution in [0.25, 0.3) is 0 Å². The fraction of sp³-hybridized carbons (Fsp3) is 0.250. The average molecular weight is 334 g/mol. The van der Waals surface area contributed by atoms with Gasteiger partial charge >= 0.3 is 12.1 Å². The number of aliphatic hydroxyl groups is 1. The molecule has 2 rings (SSSR count). The zero-order valence-electron chi connectivity index (χ0n) is 11.8. The van der Waals surface area contributed by atoms with Crippen molar-refractivity contribution < 1.29 is 31.4 Å². The molecule has 0 bridgehead atoms. The summed E-state index contributed by atoms with van der Waals surface area (Å²) >= 11 is 0. The van der Waals surface area contributed by atoms with Crippen molar-refractivity contribution in [2.24, 2.45) is 0 Å². The molecule has 2 aromatic rings. The van der Waals surface area contributed by atoms with Crippen LogP contribution in [0.15, 0.2) is 48.5 Å². The zero-order valence-corrected chi connectivity index (χ0v) is 11.8. The van der Waals surface area contributed by atoms with Crippen molar-refractivity contribution in [2.75, 3.05) is 0 Å². The molecular formula is C16H12F6O. The van der Waals surface area contributed by atoms with Crippen LogP contribution in [0, 0.1) is 12.7 Å². The van der Waals surface area contributed by atoms with E-state index in [1.165, 1.54) is 19.1 Å². The number of benzene rings is 2. The van der Waals surface area contributed by atoms with Gasteiger partial charge in [0.25, 0.3) is 0 Å². The summed E-state index contributed by atoms with van der Waals surface area (Å²) in [6.07, 6.45) is -6.08. The third-order valence-electron chi connectivity index (χ3n) is 3.51. The maximum Gasteiger partial charge on any atom is 0.457 e. The maximum atomic E-state index is 14.1. The first-order chi connectivity index (χ1) is 10.5. The third kappa shape index (κ3) is 2.69. The molecule has 0 aromatic heterocycles. The van der Waals surface area contributed by atoms with Gasteiger partial charge in [-0.3, -0.25) is 0 Å². The monoisotopic (exact) mass is 334 g/mol. The molecule has 0 radical (unpaired) electrons. The first kappa shape index (κ1) is 17.3. The van der Waals surface area contributed by atoms with Crippen LogP contribution in [-0.2, 0) is 5.60 Å². The van der Waals surface area contributed by atoms with E-state index in [0.717, 1.165) is 24.3 Å². The van der Waals surface area contributed by atoms with E-state index in [0.29, 0.717) is 17.7 Å². The molecule has 1 unspecified atom stereocenters. The predicted molar refractivity (Wildman–Crippen MR) is 71.6 cm³/mol. The van der Waals surface area contributed by atoms with E-state index in [-0.39, 0.29) is 0 Å². The minimum atomic E-state index is -6.08. The fourth-order valence-electron chi connectivity index (χ4n) is 2.34. The molecule has 0 amide bonds. The number of halogens is 6. The molecule has 0 fully saturated rings. The lowest BCUT2D eigenvalue weighted by atomic mass is 9.79. The zero-order chi connectivity index (χ0) is 17.5. The summed E-state index contributed by atoms with van der Waals surface area (Å²) in [7, 11) is 0. The van der Waals surface area contributed by atoms with Crippen LogP contribution in [0.2, 0.25) is 0 Å². The minimum absolute atomic E-state index is 0.343. The second kappa shape index (κ2) is 5.56. The van der Waals surface area contributed by atoms with Crippen molar-refractivity contribution >= 4 is 0 Å². The molecule has 0 aliphatic rings. The summed E-state index contributed by atoms with van der Waals surface area (Å²) in [5, 5.41) is 10.4. The van der Waals surface area contributed by atoms with Crippen LogP contribution in [0.5, 0.6) is 0 Å². The molecule has 0 heterocycles. The quantitative estimate of drug-likeness (QED) is 0.816.